The van der Waals surface area contributed by atoms with E-state index in [0.29, 0.717) is 35.4 Å². The molecule has 4 rings (SSSR count). The Morgan fingerprint density at radius 2 is 1.82 bits per heavy atom. The van der Waals surface area contributed by atoms with E-state index in [2.05, 4.69) is 26.3 Å². The van der Waals surface area contributed by atoms with Gasteiger partial charge in [0.1, 0.15) is 17.1 Å². The summed E-state index contributed by atoms with van der Waals surface area (Å²) < 4.78 is 41.3. The molecule has 1 N–H and O–H groups in total. The van der Waals surface area contributed by atoms with Crippen LogP contribution in [0.2, 0.25) is 0 Å². The molecule has 28 heavy (non-hydrogen) atoms. The number of aromatic nitrogens is 2. The summed E-state index contributed by atoms with van der Waals surface area (Å²) in [6.45, 7) is 3.80. The van der Waals surface area contributed by atoms with Crippen molar-refractivity contribution in [1.82, 2.24) is 20.2 Å². The second-order valence-corrected chi connectivity index (χ2v) is 7.36. The normalized spacial score (nSPS) is 23.9. The number of hydrogen-bond acceptors (Lipinski definition) is 6. The lowest BCUT2D eigenvalue weighted by Crippen LogP contribution is -2.47. The Balaban J connectivity index is 1.64. The first-order chi connectivity index (χ1) is 13.5. The summed E-state index contributed by atoms with van der Waals surface area (Å²) in [5.41, 5.74) is 1.89. The Labute approximate surface area is 161 Å². The molecule has 2 atom stereocenters. The van der Waals surface area contributed by atoms with Gasteiger partial charge in [0.15, 0.2) is 0 Å². The maximum atomic E-state index is 13.8. The third-order valence-corrected chi connectivity index (χ3v) is 5.63. The van der Waals surface area contributed by atoms with Gasteiger partial charge in [-0.1, -0.05) is 0 Å². The SMILES string of the molecule is N#Cc1ccc(N2C[C@H](CN3CCNCC3)[C@@H](C(F)(F)F)C2)c2nccnc12. The van der Waals surface area contributed by atoms with Crippen LogP contribution < -0.4 is 10.2 Å². The lowest BCUT2D eigenvalue weighted by atomic mass is 9.94. The fourth-order valence-electron chi connectivity index (χ4n) is 4.24. The van der Waals surface area contributed by atoms with Crippen molar-refractivity contribution in [3.05, 3.63) is 30.1 Å². The molecular formula is C19H21F3N6. The molecule has 2 aliphatic heterocycles. The number of nitrogens with zero attached hydrogens (tertiary/aromatic N) is 5. The number of halogens is 3. The average Bonchev–Trinajstić information content (AvgIpc) is 3.12. The highest BCUT2D eigenvalue weighted by molar-refractivity contribution is 5.92. The van der Waals surface area contributed by atoms with Crippen LogP contribution in [0.3, 0.4) is 0 Å². The maximum absolute atomic E-state index is 13.8. The summed E-state index contributed by atoms with van der Waals surface area (Å²) in [7, 11) is 0. The van der Waals surface area contributed by atoms with Crippen LogP contribution in [0, 0.1) is 23.2 Å². The van der Waals surface area contributed by atoms with Gasteiger partial charge in [0.2, 0.25) is 0 Å². The van der Waals surface area contributed by atoms with Crippen molar-refractivity contribution >= 4 is 16.7 Å². The minimum atomic E-state index is -4.25. The highest BCUT2D eigenvalue weighted by Crippen LogP contribution is 2.41. The molecule has 0 amide bonds. The molecule has 2 fully saturated rings. The lowest BCUT2D eigenvalue weighted by Gasteiger charge is -2.31. The van der Waals surface area contributed by atoms with Gasteiger partial charge < -0.3 is 15.1 Å². The minimum absolute atomic E-state index is 0.0994. The van der Waals surface area contributed by atoms with Gasteiger partial charge in [-0.2, -0.15) is 18.4 Å². The minimum Gasteiger partial charge on any atom is -0.369 e. The summed E-state index contributed by atoms with van der Waals surface area (Å²) >= 11 is 0. The Bertz CT molecular complexity index is 887. The van der Waals surface area contributed by atoms with Gasteiger partial charge in [0, 0.05) is 64.1 Å². The zero-order valence-electron chi connectivity index (χ0n) is 15.3. The summed E-state index contributed by atoms with van der Waals surface area (Å²) in [6.07, 6.45) is -1.26. The van der Waals surface area contributed by atoms with E-state index in [4.69, 9.17) is 0 Å². The standard InChI is InChI=1S/C19H21F3N6/c20-19(21,22)15-12-28(11-14(15)10-27-7-5-24-6-8-27)16-2-1-13(9-23)17-18(16)26-4-3-25-17/h1-4,14-15,24H,5-8,10-12H2/t14-,15-/m0/s1. The first kappa shape index (κ1) is 18.9. The van der Waals surface area contributed by atoms with Crippen LogP contribution in [0.5, 0.6) is 0 Å². The molecule has 1 aromatic carbocycles. The Kier molecular flexibility index (Phi) is 5.08. The van der Waals surface area contributed by atoms with E-state index in [0.717, 1.165) is 26.2 Å². The first-order valence-corrected chi connectivity index (χ1v) is 9.36. The fraction of sp³-hybridized carbons (Fsp3) is 0.526. The van der Waals surface area contributed by atoms with Gasteiger partial charge in [0.25, 0.3) is 0 Å². The summed E-state index contributed by atoms with van der Waals surface area (Å²) in [5.74, 6) is -1.88. The molecule has 9 heteroatoms. The third kappa shape index (κ3) is 3.62. The van der Waals surface area contributed by atoms with Gasteiger partial charge in [-0.05, 0) is 12.1 Å². The van der Waals surface area contributed by atoms with E-state index in [9.17, 15) is 18.4 Å². The molecule has 0 unspecified atom stereocenters. The summed E-state index contributed by atoms with van der Waals surface area (Å²) in [6, 6.07) is 5.37. The van der Waals surface area contributed by atoms with Crippen LogP contribution in [-0.2, 0) is 0 Å². The van der Waals surface area contributed by atoms with E-state index in [1.165, 1.54) is 12.4 Å². The van der Waals surface area contributed by atoms with Crippen LogP contribution in [0.1, 0.15) is 5.56 Å². The van der Waals surface area contributed by atoms with Crippen LogP contribution >= 0.6 is 0 Å². The zero-order valence-corrected chi connectivity index (χ0v) is 15.3. The monoisotopic (exact) mass is 390 g/mol. The van der Waals surface area contributed by atoms with E-state index < -0.39 is 18.0 Å². The molecule has 148 valence electrons. The number of anilines is 1. The molecule has 0 aliphatic carbocycles. The Morgan fingerprint density at radius 3 is 2.50 bits per heavy atom. The van der Waals surface area contributed by atoms with Crippen molar-refractivity contribution in [2.75, 3.05) is 50.7 Å². The molecule has 6 nitrogen and oxygen atoms in total. The number of rotatable bonds is 3. The number of nitrogens with one attached hydrogen (secondary N) is 1. The number of alkyl halides is 3. The molecule has 0 radical (unpaired) electrons. The largest absolute Gasteiger partial charge is 0.393 e. The number of nitriles is 1. The summed E-state index contributed by atoms with van der Waals surface area (Å²) in [5, 5.41) is 12.5. The van der Waals surface area contributed by atoms with E-state index in [-0.39, 0.29) is 6.54 Å². The average molecular weight is 390 g/mol. The maximum Gasteiger partial charge on any atom is 0.393 e. The number of hydrogen-bond donors (Lipinski definition) is 1. The highest BCUT2D eigenvalue weighted by Gasteiger charge is 2.50. The predicted octanol–water partition coefficient (Wildman–Crippen LogP) is 2.02. The fourth-order valence-corrected chi connectivity index (χ4v) is 4.24. The van der Waals surface area contributed by atoms with Gasteiger partial charge in [-0.3, -0.25) is 9.97 Å². The molecule has 1 aromatic heterocycles. The Hall–Kier alpha value is -2.44. The molecule has 2 aliphatic rings. The van der Waals surface area contributed by atoms with Crippen molar-refractivity contribution in [2.24, 2.45) is 11.8 Å². The smallest absolute Gasteiger partial charge is 0.369 e. The van der Waals surface area contributed by atoms with Gasteiger partial charge in [-0.25, -0.2) is 0 Å². The summed E-state index contributed by atoms with van der Waals surface area (Å²) in [4.78, 5) is 12.4. The van der Waals surface area contributed by atoms with Crippen molar-refractivity contribution in [3.8, 4) is 6.07 Å². The number of benzene rings is 1. The third-order valence-electron chi connectivity index (χ3n) is 5.63. The lowest BCUT2D eigenvalue weighted by molar-refractivity contribution is -0.180. The van der Waals surface area contributed by atoms with Crippen molar-refractivity contribution in [1.29, 1.82) is 5.26 Å². The molecular weight excluding hydrogens is 369 g/mol. The topological polar surface area (TPSA) is 68.1 Å². The molecule has 0 spiro atoms. The van der Waals surface area contributed by atoms with E-state index >= 15 is 0 Å². The molecule has 0 bridgehead atoms. The highest BCUT2D eigenvalue weighted by atomic mass is 19.4. The molecule has 3 heterocycles. The van der Waals surface area contributed by atoms with Crippen LogP contribution in [0.25, 0.3) is 11.0 Å². The van der Waals surface area contributed by atoms with Crippen molar-refractivity contribution < 1.29 is 13.2 Å². The van der Waals surface area contributed by atoms with E-state index in [1.807, 2.05) is 0 Å². The van der Waals surface area contributed by atoms with Gasteiger partial charge in [-0.15, -0.1) is 0 Å². The number of piperazine rings is 1. The van der Waals surface area contributed by atoms with Crippen molar-refractivity contribution in [2.45, 2.75) is 6.18 Å². The quantitative estimate of drug-likeness (QED) is 0.865. The predicted molar refractivity (Wildman–Crippen MR) is 98.8 cm³/mol. The molecule has 2 saturated heterocycles. The van der Waals surface area contributed by atoms with Crippen molar-refractivity contribution in [3.63, 3.8) is 0 Å². The first-order valence-electron chi connectivity index (χ1n) is 9.36. The van der Waals surface area contributed by atoms with Gasteiger partial charge in [0.05, 0.1) is 17.2 Å². The Morgan fingerprint density at radius 1 is 1.11 bits per heavy atom. The van der Waals surface area contributed by atoms with Gasteiger partial charge >= 0.3 is 6.18 Å². The molecule has 0 saturated carbocycles. The number of fused-ring (bicyclic) bond motifs is 1. The second kappa shape index (κ2) is 7.53. The van der Waals surface area contributed by atoms with E-state index in [1.54, 1.807) is 17.0 Å². The van der Waals surface area contributed by atoms with Crippen LogP contribution in [0.4, 0.5) is 18.9 Å². The van der Waals surface area contributed by atoms with Crippen LogP contribution in [-0.4, -0.2) is 66.9 Å². The second-order valence-electron chi connectivity index (χ2n) is 7.36. The van der Waals surface area contributed by atoms with Crippen LogP contribution in [0.15, 0.2) is 24.5 Å². The molecule has 2 aromatic rings. The zero-order chi connectivity index (χ0) is 19.7.